The molecule has 7 heteroatoms. The molecule has 1 saturated heterocycles. The molecule has 31 heavy (non-hydrogen) atoms. The Kier molecular flexibility index (Phi) is 8.27. The number of aromatic hydroxyl groups is 1. The summed E-state index contributed by atoms with van der Waals surface area (Å²) in [6.45, 7) is 5.35. The highest BCUT2D eigenvalue weighted by Gasteiger charge is 2.22. The van der Waals surface area contributed by atoms with Crippen LogP contribution in [0.3, 0.4) is 0 Å². The number of anilines is 1. The van der Waals surface area contributed by atoms with E-state index in [0.29, 0.717) is 24.8 Å². The Morgan fingerprint density at radius 1 is 1.19 bits per heavy atom. The van der Waals surface area contributed by atoms with Crippen LogP contribution >= 0.6 is 0 Å². The number of para-hydroxylation sites is 2. The molecule has 0 saturated carbocycles. The summed E-state index contributed by atoms with van der Waals surface area (Å²) >= 11 is 0. The predicted octanol–water partition coefficient (Wildman–Crippen LogP) is 3.18. The maximum atomic E-state index is 10.2. The van der Waals surface area contributed by atoms with Crippen LogP contribution in [0, 0.1) is 0 Å². The summed E-state index contributed by atoms with van der Waals surface area (Å²) in [5.41, 5.74) is 1.99. The average molecular weight is 427 g/mol. The topological polar surface area (TPSA) is 78.4 Å². The van der Waals surface area contributed by atoms with Crippen LogP contribution in [-0.4, -0.2) is 57.5 Å². The first-order chi connectivity index (χ1) is 15.1. The summed E-state index contributed by atoms with van der Waals surface area (Å²) in [7, 11) is 3.31. The minimum atomic E-state index is 0.243. The van der Waals surface area contributed by atoms with E-state index < -0.39 is 0 Å². The van der Waals surface area contributed by atoms with E-state index in [-0.39, 0.29) is 5.75 Å². The van der Waals surface area contributed by atoms with Crippen molar-refractivity contribution in [3.05, 3.63) is 48.0 Å². The summed E-state index contributed by atoms with van der Waals surface area (Å²) in [5, 5.41) is 17.1. The first kappa shape index (κ1) is 22.6. The number of hydrogen-bond donors (Lipinski definition) is 3. The van der Waals surface area contributed by atoms with E-state index in [1.807, 2.05) is 24.3 Å². The van der Waals surface area contributed by atoms with Crippen molar-refractivity contribution in [2.75, 3.05) is 45.3 Å². The highest BCUT2D eigenvalue weighted by Crippen LogP contribution is 2.30. The Hall–Kier alpha value is -3.09. The molecule has 2 aromatic rings. The summed E-state index contributed by atoms with van der Waals surface area (Å²) in [6, 6.07) is 13.8. The minimum Gasteiger partial charge on any atom is -0.508 e. The molecule has 168 valence electrons. The van der Waals surface area contributed by atoms with Gasteiger partial charge in [-0.25, -0.2) is 0 Å². The molecule has 7 nitrogen and oxygen atoms in total. The van der Waals surface area contributed by atoms with Crippen molar-refractivity contribution in [3.8, 4) is 17.2 Å². The summed E-state index contributed by atoms with van der Waals surface area (Å²) < 4.78 is 10.7. The molecule has 2 aromatic carbocycles. The lowest BCUT2D eigenvalue weighted by Crippen LogP contribution is -2.51. The van der Waals surface area contributed by atoms with Crippen LogP contribution in [0.2, 0.25) is 0 Å². The zero-order valence-corrected chi connectivity index (χ0v) is 18.7. The number of ether oxygens (including phenoxy) is 2. The van der Waals surface area contributed by atoms with Gasteiger partial charge in [0.2, 0.25) is 0 Å². The van der Waals surface area contributed by atoms with E-state index in [2.05, 4.69) is 34.6 Å². The van der Waals surface area contributed by atoms with E-state index in [4.69, 9.17) is 14.5 Å². The normalized spacial score (nSPS) is 16.7. The van der Waals surface area contributed by atoms with E-state index in [9.17, 15) is 5.11 Å². The van der Waals surface area contributed by atoms with Crippen molar-refractivity contribution in [1.82, 2.24) is 10.6 Å². The summed E-state index contributed by atoms with van der Waals surface area (Å²) in [6.07, 6.45) is 2.86. The number of rotatable bonds is 8. The standard InChI is InChI=1S/C24H34N4O3/c1-4-25-24(26-14-13-18-11-12-20(30-2)16-22(18)29)27-19-8-7-15-28(17-19)21-9-5-6-10-23(21)31-3/h5-6,9-12,16,19,29H,4,7-8,13-15,17H2,1-3H3,(H2,25,26,27). The molecule has 1 heterocycles. The Balaban J connectivity index is 1.61. The quantitative estimate of drug-likeness (QED) is 0.445. The van der Waals surface area contributed by atoms with Gasteiger partial charge in [-0.1, -0.05) is 18.2 Å². The maximum Gasteiger partial charge on any atom is 0.191 e. The zero-order valence-electron chi connectivity index (χ0n) is 18.7. The third kappa shape index (κ3) is 6.20. The second-order valence-corrected chi connectivity index (χ2v) is 7.61. The largest absolute Gasteiger partial charge is 0.508 e. The fourth-order valence-corrected chi connectivity index (χ4v) is 3.89. The maximum absolute atomic E-state index is 10.2. The van der Waals surface area contributed by atoms with E-state index >= 15 is 0 Å². The third-order valence-corrected chi connectivity index (χ3v) is 5.48. The van der Waals surface area contributed by atoms with E-state index in [0.717, 1.165) is 55.4 Å². The molecule has 1 aliphatic heterocycles. The number of aliphatic imine (C=N–C) groups is 1. The number of methoxy groups -OCH3 is 2. The van der Waals surface area contributed by atoms with Crippen LogP contribution in [0.5, 0.6) is 17.2 Å². The van der Waals surface area contributed by atoms with Crippen molar-refractivity contribution in [2.45, 2.75) is 32.2 Å². The van der Waals surface area contributed by atoms with Crippen molar-refractivity contribution < 1.29 is 14.6 Å². The Labute approximate surface area is 185 Å². The number of phenolic OH excluding ortho intramolecular Hbond substituents is 1. The van der Waals surface area contributed by atoms with Gasteiger partial charge in [-0.15, -0.1) is 0 Å². The molecule has 0 radical (unpaired) electrons. The van der Waals surface area contributed by atoms with Crippen molar-refractivity contribution >= 4 is 11.6 Å². The van der Waals surface area contributed by atoms with Crippen LogP contribution < -0.4 is 25.0 Å². The van der Waals surface area contributed by atoms with Crippen molar-refractivity contribution in [2.24, 2.45) is 4.99 Å². The van der Waals surface area contributed by atoms with Gasteiger partial charge in [-0.2, -0.15) is 0 Å². The molecule has 1 unspecified atom stereocenters. The number of phenols is 1. The number of benzene rings is 2. The van der Waals surface area contributed by atoms with Gasteiger partial charge in [0.25, 0.3) is 0 Å². The fraction of sp³-hybridized carbons (Fsp3) is 0.458. The molecular weight excluding hydrogens is 392 g/mol. The van der Waals surface area contributed by atoms with Crippen molar-refractivity contribution in [1.29, 1.82) is 0 Å². The van der Waals surface area contributed by atoms with E-state index in [1.54, 1.807) is 20.3 Å². The molecule has 0 aromatic heterocycles. The van der Waals surface area contributed by atoms with Crippen molar-refractivity contribution in [3.63, 3.8) is 0 Å². The number of hydrogen-bond acceptors (Lipinski definition) is 5. The van der Waals surface area contributed by atoms with Crippen LogP contribution in [0.4, 0.5) is 5.69 Å². The number of nitrogens with one attached hydrogen (secondary N) is 2. The van der Waals surface area contributed by atoms with Crippen LogP contribution in [0.15, 0.2) is 47.5 Å². The lowest BCUT2D eigenvalue weighted by Gasteiger charge is -2.36. The Morgan fingerprint density at radius 2 is 2.03 bits per heavy atom. The third-order valence-electron chi connectivity index (χ3n) is 5.48. The molecule has 3 rings (SSSR count). The lowest BCUT2D eigenvalue weighted by molar-refractivity contribution is 0.406. The zero-order chi connectivity index (χ0) is 22.1. The van der Waals surface area contributed by atoms with Gasteiger partial charge in [0.15, 0.2) is 5.96 Å². The minimum absolute atomic E-state index is 0.243. The molecule has 0 bridgehead atoms. The first-order valence-corrected chi connectivity index (χ1v) is 10.9. The highest BCUT2D eigenvalue weighted by atomic mass is 16.5. The number of piperidine rings is 1. The molecule has 3 N–H and O–H groups in total. The van der Waals surface area contributed by atoms with Gasteiger partial charge in [-0.05, 0) is 49.9 Å². The second-order valence-electron chi connectivity index (χ2n) is 7.61. The monoisotopic (exact) mass is 426 g/mol. The van der Waals surface area contributed by atoms with Crippen LogP contribution in [0.25, 0.3) is 0 Å². The molecule has 1 fully saturated rings. The fourth-order valence-electron chi connectivity index (χ4n) is 3.89. The molecule has 0 amide bonds. The molecule has 0 aliphatic carbocycles. The smallest absolute Gasteiger partial charge is 0.191 e. The SMILES string of the molecule is CCNC(=NCCc1ccc(OC)cc1O)NC1CCCN(c2ccccc2OC)C1. The Bertz CT molecular complexity index is 872. The summed E-state index contributed by atoms with van der Waals surface area (Å²) in [5.74, 6) is 2.61. The van der Waals surface area contributed by atoms with Crippen LogP contribution in [-0.2, 0) is 6.42 Å². The number of nitrogens with zero attached hydrogens (tertiary/aromatic N) is 2. The average Bonchev–Trinajstić information content (AvgIpc) is 2.80. The Morgan fingerprint density at radius 3 is 2.77 bits per heavy atom. The first-order valence-electron chi connectivity index (χ1n) is 10.9. The van der Waals surface area contributed by atoms with Gasteiger partial charge in [0.05, 0.1) is 19.9 Å². The highest BCUT2D eigenvalue weighted by molar-refractivity contribution is 5.80. The van der Waals surface area contributed by atoms with Gasteiger partial charge >= 0.3 is 0 Å². The van der Waals surface area contributed by atoms with Gasteiger partial charge in [0.1, 0.15) is 17.2 Å². The predicted molar refractivity (Wildman–Crippen MR) is 126 cm³/mol. The molecule has 1 aliphatic rings. The molecular formula is C24H34N4O3. The molecule has 1 atom stereocenters. The van der Waals surface area contributed by atoms with E-state index in [1.165, 1.54) is 0 Å². The van der Waals surface area contributed by atoms with Gasteiger partial charge in [0, 0.05) is 38.3 Å². The summed E-state index contributed by atoms with van der Waals surface area (Å²) in [4.78, 5) is 7.10. The van der Waals surface area contributed by atoms with Crippen LogP contribution in [0.1, 0.15) is 25.3 Å². The number of guanidine groups is 1. The lowest BCUT2D eigenvalue weighted by atomic mass is 10.0. The van der Waals surface area contributed by atoms with Gasteiger partial charge in [-0.3, -0.25) is 4.99 Å². The van der Waals surface area contributed by atoms with Gasteiger partial charge < -0.3 is 30.1 Å². The molecule has 0 spiro atoms. The second kappa shape index (κ2) is 11.3.